The highest BCUT2D eigenvalue weighted by Gasteiger charge is 2.16. The Morgan fingerprint density at radius 3 is 2.56 bits per heavy atom. The summed E-state index contributed by atoms with van der Waals surface area (Å²) in [5.74, 6) is 1.14. The van der Waals surface area contributed by atoms with E-state index in [1.807, 2.05) is 12.1 Å². The third kappa shape index (κ3) is 3.87. The van der Waals surface area contributed by atoms with Crippen molar-refractivity contribution in [3.05, 3.63) is 28.3 Å². The number of hydrogen-bond donors (Lipinski definition) is 1. The van der Waals surface area contributed by atoms with Gasteiger partial charge in [-0.2, -0.15) is 0 Å². The summed E-state index contributed by atoms with van der Waals surface area (Å²) in [5, 5.41) is 0.666. The Kier molecular flexibility index (Phi) is 5.93. The van der Waals surface area contributed by atoms with Crippen molar-refractivity contribution in [2.75, 3.05) is 34.3 Å². The summed E-state index contributed by atoms with van der Waals surface area (Å²) in [6, 6.07) is 4.01. The van der Waals surface area contributed by atoms with Crippen molar-refractivity contribution in [2.24, 2.45) is 5.73 Å². The first-order chi connectivity index (χ1) is 8.49. The van der Waals surface area contributed by atoms with Crippen molar-refractivity contribution in [1.29, 1.82) is 0 Å². The molecule has 1 aromatic carbocycles. The highest BCUT2D eigenvalue weighted by atomic mass is 35.5. The number of hydrogen-bond acceptors (Lipinski definition) is 3. The molecule has 0 radical (unpaired) electrons. The van der Waals surface area contributed by atoms with E-state index in [-0.39, 0.29) is 0 Å². The minimum Gasteiger partial charge on any atom is -0.495 e. The average Bonchev–Trinajstić information content (AvgIpc) is 2.30. The lowest BCUT2D eigenvalue weighted by molar-refractivity contribution is 0.364. The van der Waals surface area contributed by atoms with Crippen molar-refractivity contribution < 1.29 is 4.74 Å². The second-order valence-corrected chi connectivity index (χ2v) is 5.29. The Morgan fingerprint density at radius 2 is 2.06 bits per heavy atom. The largest absolute Gasteiger partial charge is 0.495 e. The molecule has 0 heterocycles. The maximum Gasteiger partial charge on any atom is 0.137 e. The monoisotopic (exact) mass is 270 g/mol. The molecule has 18 heavy (non-hydrogen) atoms. The van der Waals surface area contributed by atoms with Crippen LogP contribution in [0.2, 0.25) is 5.02 Å². The van der Waals surface area contributed by atoms with Gasteiger partial charge in [-0.15, -0.1) is 0 Å². The van der Waals surface area contributed by atoms with Crippen LogP contribution in [-0.4, -0.2) is 39.2 Å². The molecule has 0 amide bonds. The summed E-state index contributed by atoms with van der Waals surface area (Å²) in [6.45, 7) is 3.75. The fourth-order valence-electron chi connectivity index (χ4n) is 2.25. The predicted molar refractivity (Wildman–Crippen MR) is 77.7 cm³/mol. The maximum absolute atomic E-state index is 6.21. The predicted octanol–water partition coefficient (Wildman–Crippen LogP) is 2.65. The van der Waals surface area contributed by atoms with Gasteiger partial charge in [0.2, 0.25) is 0 Å². The molecule has 0 spiro atoms. The fraction of sp³-hybridized carbons (Fsp3) is 0.571. The number of methoxy groups -OCH3 is 1. The smallest absolute Gasteiger partial charge is 0.137 e. The van der Waals surface area contributed by atoms with Crippen LogP contribution in [0.3, 0.4) is 0 Å². The Morgan fingerprint density at radius 1 is 1.39 bits per heavy atom. The number of benzene rings is 1. The van der Waals surface area contributed by atoms with Crippen LogP contribution in [0.5, 0.6) is 5.75 Å². The summed E-state index contributed by atoms with van der Waals surface area (Å²) in [5.41, 5.74) is 8.18. The molecular formula is C14H23ClN2O. The molecule has 0 bridgehead atoms. The summed E-state index contributed by atoms with van der Waals surface area (Å²) in [7, 11) is 5.78. The summed E-state index contributed by atoms with van der Waals surface area (Å²) in [4.78, 5) is 2.18. The second kappa shape index (κ2) is 6.98. The van der Waals surface area contributed by atoms with Gasteiger partial charge in [0.15, 0.2) is 0 Å². The van der Waals surface area contributed by atoms with E-state index >= 15 is 0 Å². The SMILES string of the molecule is COc1cc(C)c(C(CCN)CN(C)C)cc1Cl. The van der Waals surface area contributed by atoms with Gasteiger partial charge in [-0.3, -0.25) is 0 Å². The van der Waals surface area contributed by atoms with Crippen molar-refractivity contribution in [2.45, 2.75) is 19.3 Å². The molecule has 0 aliphatic carbocycles. The first kappa shape index (κ1) is 15.3. The van der Waals surface area contributed by atoms with E-state index in [2.05, 4.69) is 25.9 Å². The van der Waals surface area contributed by atoms with Crippen LogP contribution in [0.25, 0.3) is 0 Å². The van der Waals surface area contributed by atoms with Crippen molar-refractivity contribution in [3.63, 3.8) is 0 Å². The zero-order chi connectivity index (χ0) is 13.7. The molecule has 0 aliphatic heterocycles. The van der Waals surface area contributed by atoms with Crippen LogP contribution < -0.4 is 10.5 Å². The third-order valence-electron chi connectivity index (χ3n) is 3.08. The van der Waals surface area contributed by atoms with Gasteiger partial charge >= 0.3 is 0 Å². The van der Waals surface area contributed by atoms with Gasteiger partial charge in [-0.25, -0.2) is 0 Å². The molecule has 1 atom stereocenters. The molecule has 0 aromatic heterocycles. The van der Waals surface area contributed by atoms with E-state index in [0.717, 1.165) is 18.7 Å². The van der Waals surface area contributed by atoms with E-state index in [1.165, 1.54) is 11.1 Å². The van der Waals surface area contributed by atoms with E-state index < -0.39 is 0 Å². The molecule has 102 valence electrons. The molecule has 0 aliphatic rings. The normalized spacial score (nSPS) is 12.8. The summed E-state index contributed by atoms with van der Waals surface area (Å²) in [6.07, 6.45) is 0.960. The fourth-order valence-corrected chi connectivity index (χ4v) is 2.50. The van der Waals surface area contributed by atoms with Crippen LogP contribution in [0.1, 0.15) is 23.5 Å². The third-order valence-corrected chi connectivity index (χ3v) is 3.38. The first-order valence-electron chi connectivity index (χ1n) is 6.18. The average molecular weight is 271 g/mol. The maximum atomic E-state index is 6.21. The highest BCUT2D eigenvalue weighted by molar-refractivity contribution is 6.32. The molecule has 0 saturated heterocycles. The number of aryl methyl sites for hydroxylation is 1. The number of nitrogens with two attached hydrogens (primary N) is 1. The Bertz CT molecular complexity index is 394. The zero-order valence-electron chi connectivity index (χ0n) is 11.7. The van der Waals surface area contributed by atoms with E-state index in [1.54, 1.807) is 7.11 Å². The molecule has 4 heteroatoms. The zero-order valence-corrected chi connectivity index (χ0v) is 12.4. The van der Waals surface area contributed by atoms with Gasteiger partial charge in [0.25, 0.3) is 0 Å². The van der Waals surface area contributed by atoms with Crippen LogP contribution in [0.4, 0.5) is 0 Å². The molecule has 1 rings (SSSR count). The minimum absolute atomic E-state index is 0.411. The molecule has 3 nitrogen and oxygen atoms in total. The summed E-state index contributed by atoms with van der Waals surface area (Å²) < 4.78 is 5.23. The van der Waals surface area contributed by atoms with Crippen LogP contribution in [0, 0.1) is 6.92 Å². The number of likely N-dealkylation sites (N-methyl/N-ethyl adjacent to an activating group) is 1. The Hall–Kier alpha value is -0.770. The van der Waals surface area contributed by atoms with E-state index in [9.17, 15) is 0 Å². The number of halogens is 1. The van der Waals surface area contributed by atoms with Gasteiger partial charge in [0.05, 0.1) is 12.1 Å². The van der Waals surface area contributed by atoms with Gasteiger partial charge in [-0.05, 0) is 63.2 Å². The van der Waals surface area contributed by atoms with Gasteiger partial charge < -0.3 is 15.4 Å². The highest BCUT2D eigenvalue weighted by Crippen LogP contribution is 2.32. The van der Waals surface area contributed by atoms with Crippen molar-refractivity contribution in [1.82, 2.24) is 4.90 Å². The van der Waals surface area contributed by atoms with E-state index in [4.69, 9.17) is 22.1 Å². The lowest BCUT2D eigenvalue weighted by atomic mass is 9.91. The van der Waals surface area contributed by atoms with Crippen molar-refractivity contribution >= 4 is 11.6 Å². The Balaban J connectivity index is 3.07. The quantitative estimate of drug-likeness (QED) is 0.864. The molecule has 2 N–H and O–H groups in total. The van der Waals surface area contributed by atoms with Crippen LogP contribution in [-0.2, 0) is 0 Å². The van der Waals surface area contributed by atoms with Gasteiger partial charge in [0, 0.05) is 6.54 Å². The van der Waals surface area contributed by atoms with Crippen molar-refractivity contribution in [3.8, 4) is 5.75 Å². The molecule has 1 aromatic rings. The summed E-state index contributed by atoms with van der Waals surface area (Å²) >= 11 is 6.21. The first-order valence-corrected chi connectivity index (χ1v) is 6.56. The molecule has 1 unspecified atom stereocenters. The number of rotatable bonds is 6. The number of ether oxygens (including phenoxy) is 1. The van der Waals surface area contributed by atoms with Gasteiger partial charge in [0.1, 0.15) is 5.75 Å². The lowest BCUT2D eigenvalue weighted by Gasteiger charge is -2.23. The second-order valence-electron chi connectivity index (χ2n) is 4.88. The standard InChI is InChI=1S/C14H23ClN2O/c1-10-7-14(18-4)13(15)8-12(10)11(5-6-16)9-17(2)3/h7-8,11H,5-6,9,16H2,1-4H3. The Labute approximate surface area is 115 Å². The topological polar surface area (TPSA) is 38.5 Å². The van der Waals surface area contributed by atoms with Crippen LogP contribution in [0.15, 0.2) is 12.1 Å². The molecular weight excluding hydrogens is 248 g/mol. The lowest BCUT2D eigenvalue weighted by Crippen LogP contribution is -2.23. The van der Waals surface area contributed by atoms with Gasteiger partial charge in [-0.1, -0.05) is 11.6 Å². The van der Waals surface area contributed by atoms with E-state index in [0.29, 0.717) is 17.5 Å². The molecule has 0 saturated carbocycles. The minimum atomic E-state index is 0.411. The molecule has 0 fully saturated rings. The van der Waals surface area contributed by atoms with Crippen LogP contribution >= 0.6 is 11.6 Å². The number of nitrogens with zero attached hydrogens (tertiary/aromatic N) is 1.